The molecule has 0 spiro atoms. The number of hydrogen-bond donors (Lipinski definition) is 0. The molecule has 3 aliphatic carbocycles. The fourth-order valence-electron chi connectivity index (χ4n) is 5.99. The minimum absolute atomic E-state index is 0.151. The summed E-state index contributed by atoms with van der Waals surface area (Å²) in [5.41, 5.74) is 0. The Balaban J connectivity index is 1.45. The molecule has 2 heteroatoms. The maximum absolute atomic E-state index is 11.4. The van der Waals surface area contributed by atoms with E-state index < -0.39 is 0 Å². The standard InChI is InChI=1S/C22H36O2/c1-3-5-16-6-8-17(9-7-16)18-10-11-20-15-21(24-22(23)4-2)13-12-19(20)14-18/h4,16-21H,2-3,5-15H2,1H3. The van der Waals surface area contributed by atoms with Gasteiger partial charge in [-0.1, -0.05) is 39.2 Å². The van der Waals surface area contributed by atoms with Crippen LogP contribution in [-0.2, 0) is 9.53 Å². The van der Waals surface area contributed by atoms with Crippen molar-refractivity contribution >= 4 is 5.97 Å². The highest BCUT2D eigenvalue weighted by Gasteiger charge is 2.39. The van der Waals surface area contributed by atoms with Gasteiger partial charge in [-0.2, -0.15) is 0 Å². The predicted octanol–water partition coefficient (Wildman–Crippen LogP) is 5.91. The summed E-state index contributed by atoms with van der Waals surface area (Å²) in [4.78, 5) is 11.4. The molecule has 0 bridgehead atoms. The van der Waals surface area contributed by atoms with Crippen LogP contribution >= 0.6 is 0 Å². The summed E-state index contributed by atoms with van der Waals surface area (Å²) in [5, 5.41) is 0. The van der Waals surface area contributed by atoms with Gasteiger partial charge < -0.3 is 4.74 Å². The molecule has 0 amide bonds. The summed E-state index contributed by atoms with van der Waals surface area (Å²) in [7, 11) is 0. The van der Waals surface area contributed by atoms with Gasteiger partial charge in [-0.15, -0.1) is 0 Å². The van der Waals surface area contributed by atoms with Crippen molar-refractivity contribution in [2.24, 2.45) is 29.6 Å². The molecule has 0 aliphatic heterocycles. The van der Waals surface area contributed by atoms with Crippen LogP contribution in [-0.4, -0.2) is 12.1 Å². The van der Waals surface area contributed by atoms with E-state index in [1.807, 2.05) is 0 Å². The number of rotatable bonds is 5. The minimum Gasteiger partial charge on any atom is -0.459 e. The highest BCUT2D eigenvalue weighted by atomic mass is 16.5. The van der Waals surface area contributed by atoms with Gasteiger partial charge in [-0.25, -0.2) is 4.79 Å². The molecular formula is C22H36O2. The monoisotopic (exact) mass is 332 g/mol. The second kappa shape index (κ2) is 8.54. The van der Waals surface area contributed by atoms with E-state index >= 15 is 0 Å². The fourth-order valence-corrected chi connectivity index (χ4v) is 5.99. The lowest BCUT2D eigenvalue weighted by Crippen LogP contribution is -2.37. The van der Waals surface area contributed by atoms with E-state index in [2.05, 4.69) is 13.5 Å². The lowest BCUT2D eigenvalue weighted by atomic mass is 9.62. The predicted molar refractivity (Wildman–Crippen MR) is 98.6 cm³/mol. The number of carbonyl (C=O) groups is 1. The van der Waals surface area contributed by atoms with Crippen LogP contribution in [0.25, 0.3) is 0 Å². The summed E-state index contributed by atoms with van der Waals surface area (Å²) >= 11 is 0. The van der Waals surface area contributed by atoms with Crippen LogP contribution in [0.1, 0.15) is 84.0 Å². The summed E-state index contributed by atoms with van der Waals surface area (Å²) < 4.78 is 5.51. The van der Waals surface area contributed by atoms with Gasteiger partial charge in [-0.3, -0.25) is 0 Å². The van der Waals surface area contributed by atoms with Crippen LogP contribution in [0.4, 0.5) is 0 Å². The van der Waals surface area contributed by atoms with Crippen LogP contribution in [0.5, 0.6) is 0 Å². The summed E-state index contributed by atoms with van der Waals surface area (Å²) in [6, 6.07) is 0. The molecule has 136 valence electrons. The van der Waals surface area contributed by atoms with Crippen molar-refractivity contribution in [3.63, 3.8) is 0 Å². The fraction of sp³-hybridized carbons (Fsp3) is 0.864. The molecule has 0 aromatic heterocycles. The van der Waals surface area contributed by atoms with E-state index in [4.69, 9.17) is 4.74 Å². The first kappa shape index (κ1) is 18.0. The third-order valence-corrected chi connectivity index (χ3v) is 7.31. The Morgan fingerprint density at radius 3 is 2.17 bits per heavy atom. The third-order valence-electron chi connectivity index (χ3n) is 7.31. The average Bonchev–Trinajstić information content (AvgIpc) is 2.62. The van der Waals surface area contributed by atoms with Crippen LogP contribution < -0.4 is 0 Å². The zero-order valence-corrected chi connectivity index (χ0v) is 15.6. The first-order valence-corrected chi connectivity index (χ1v) is 10.5. The molecule has 3 saturated carbocycles. The Labute approximate surface area is 148 Å². The van der Waals surface area contributed by atoms with Crippen LogP contribution in [0.15, 0.2) is 12.7 Å². The van der Waals surface area contributed by atoms with E-state index in [1.54, 1.807) is 0 Å². The lowest BCUT2D eigenvalue weighted by Gasteiger charge is -2.45. The SMILES string of the molecule is C=CC(=O)OC1CCC2CC(C3CCC(CCC)CC3)CCC2C1. The summed E-state index contributed by atoms with van der Waals surface area (Å²) in [6.45, 7) is 5.84. The zero-order valence-electron chi connectivity index (χ0n) is 15.6. The molecule has 3 fully saturated rings. The van der Waals surface area contributed by atoms with E-state index in [-0.39, 0.29) is 12.1 Å². The number of hydrogen-bond acceptors (Lipinski definition) is 2. The van der Waals surface area contributed by atoms with Gasteiger partial charge in [0.2, 0.25) is 0 Å². The van der Waals surface area contributed by atoms with Crippen molar-refractivity contribution in [2.45, 2.75) is 90.1 Å². The topological polar surface area (TPSA) is 26.3 Å². The normalized spacial score (nSPS) is 39.7. The molecule has 0 aromatic rings. The maximum atomic E-state index is 11.4. The highest BCUT2D eigenvalue weighted by molar-refractivity contribution is 5.81. The largest absolute Gasteiger partial charge is 0.459 e. The Morgan fingerprint density at radius 2 is 1.50 bits per heavy atom. The third kappa shape index (κ3) is 4.43. The van der Waals surface area contributed by atoms with Gasteiger partial charge in [-0.05, 0) is 81.0 Å². The second-order valence-electron chi connectivity index (χ2n) is 8.74. The first-order chi connectivity index (χ1) is 11.7. The van der Waals surface area contributed by atoms with Crippen molar-refractivity contribution < 1.29 is 9.53 Å². The second-order valence-corrected chi connectivity index (χ2v) is 8.74. The molecule has 0 radical (unpaired) electrons. The molecule has 0 saturated heterocycles. The Bertz CT molecular complexity index is 422. The van der Waals surface area contributed by atoms with Crippen molar-refractivity contribution in [1.29, 1.82) is 0 Å². The average molecular weight is 333 g/mol. The van der Waals surface area contributed by atoms with Crippen molar-refractivity contribution in [1.82, 2.24) is 0 Å². The number of fused-ring (bicyclic) bond motifs is 1. The molecule has 3 aliphatic rings. The summed E-state index contributed by atoms with van der Waals surface area (Å²) in [5.74, 6) is 4.48. The Morgan fingerprint density at radius 1 is 0.917 bits per heavy atom. The van der Waals surface area contributed by atoms with Crippen molar-refractivity contribution in [3.05, 3.63) is 12.7 Å². The van der Waals surface area contributed by atoms with E-state index in [9.17, 15) is 4.79 Å². The number of esters is 1. The zero-order chi connectivity index (χ0) is 16.9. The molecule has 0 N–H and O–H groups in total. The van der Waals surface area contributed by atoms with Gasteiger partial charge >= 0.3 is 5.97 Å². The molecule has 0 aromatic carbocycles. The highest BCUT2D eigenvalue weighted by Crippen LogP contribution is 2.48. The quantitative estimate of drug-likeness (QED) is 0.462. The number of carbonyl (C=O) groups excluding carboxylic acids is 1. The number of ether oxygens (including phenoxy) is 1. The Hall–Kier alpha value is -0.790. The van der Waals surface area contributed by atoms with E-state index in [0.29, 0.717) is 0 Å². The lowest BCUT2D eigenvalue weighted by molar-refractivity contribution is -0.146. The molecular weight excluding hydrogens is 296 g/mol. The van der Waals surface area contributed by atoms with Crippen molar-refractivity contribution in [3.8, 4) is 0 Å². The van der Waals surface area contributed by atoms with Gasteiger partial charge in [0, 0.05) is 6.08 Å². The van der Waals surface area contributed by atoms with Gasteiger partial charge in [0.1, 0.15) is 6.10 Å². The Kier molecular flexibility index (Phi) is 6.41. The van der Waals surface area contributed by atoms with E-state index in [1.165, 1.54) is 70.3 Å². The van der Waals surface area contributed by atoms with Crippen LogP contribution in [0.3, 0.4) is 0 Å². The first-order valence-electron chi connectivity index (χ1n) is 10.5. The summed E-state index contributed by atoms with van der Waals surface area (Å²) in [6.07, 6.45) is 17.9. The minimum atomic E-state index is -0.240. The molecule has 2 nitrogen and oxygen atoms in total. The smallest absolute Gasteiger partial charge is 0.330 e. The molecule has 4 atom stereocenters. The van der Waals surface area contributed by atoms with Crippen LogP contribution in [0.2, 0.25) is 0 Å². The van der Waals surface area contributed by atoms with Crippen LogP contribution in [0, 0.1) is 29.6 Å². The van der Waals surface area contributed by atoms with Gasteiger partial charge in [0.15, 0.2) is 0 Å². The van der Waals surface area contributed by atoms with Gasteiger partial charge in [0.05, 0.1) is 0 Å². The van der Waals surface area contributed by atoms with E-state index in [0.717, 1.165) is 42.4 Å². The van der Waals surface area contributed by atoms with Crippen molar-refractivity contribution in [2.75, 3.05) is 0 Å². The van der Waals surface area contributed by atoms with Gasteiger partial charge in [0.25, 0.3) is 0 Å². The molecule has 3 rings (SSSR count). The molecule has 4 unspecified atom stereocenters. The molecule has 24 heavy (non-hydrogen) atoms. The molecule has 0 heterocycles. The maximum Gasteiger partial charge on any atom is 0.330 e.